The molecule has 3 aromatic carbocycles. The van der Waals surface area contributed by atoms with Crippen molar-refractivity contribution in [3.8, 4) is 0 Å². The Hall–Kier alpha value is -2.34. The Morgan fingerprint density at radius 1 is 0.500 bits per heavy atom. The number of benzene rings is 3. The maximum absolute atomic E-state index is 2.40. The van der Waals surface area contributed by atoms with E-state index < -0.39 is 0 Å². The van der Waals surface area contributed by atoms with E-state index in [2.05, 4.69) is 91.9 Å². The van der Waals surface area contributed by atoms with Crippen LogP contribution < -0.4 is 0 Å². The maximum atomic E-state index is 2.40. The van der Waals surface area contributed by atoms with Crippen molar-refractivity contribution in [2.75, 3.05) is 0 Å². The molecule has 0 saturated heterocycles. The molecule has 1 aliphatic carbocycles. The molecule has 0 nitrogen and oxygen atoms in total. The van der Waals surface area contributed by atoms with E-state index in [9.17, 15) is 0 Å². The summed E-state index contributed by atoms with van der Waals surface area (Å²) in [5, 5.41) is 0. The summed E-state index contributed by atoms with van der Waals surface area (Å²) in [5.41, 5.74) is 5.85. The van der Waals surface area contributed by atoms with Gasteiger partial charge in [0.15, 0.2) is 0 Å². The third-order valence-corrected chi connectivity index (χ3v) is 5.04. The minimum atomic E-state index is 0.489. The Kier molecular flexibility index (Phi) is 3.31. The fourth-order valence-electron chi connectivity index (χ4n) is 4.12. The zero-order valence-corrected chi connectivity index (χ0v) is 12.8. The summed E-state index contributed by atoms with van der Waals surface area (Å²) in [6, 6.07) is 30.9. The Balaban J connectivity index is 1.87. The Bertz CT molecular complexity index is 692. The average molecular weight is 284 g/mol. The van der Waals surface area contributed by atoms with Crippen LogP contribution in [0.25, 0.3) is 0 Å². The van der Waals surface area contributed by atoms with Crippen LogP contribution >= 0.6 is 0 Å². The lowest BCUT2D eigenvalue weighted by molar-refractivity contribution is 0.503. The summed E-state index contributed by atoms with van der Waals surface area (Å²) in [4.78, 5) is 0. The SMILES string of the molecule is CC1C(c2ccccc2)c2ccccc2C1c1ccccc1. The molecule has 108 valence electrons. The van der Waals surface area contributed by atoms with Gasteiger partial charge in [-0.1, -0.05) is 91.9 Å². The van der Waals surface area contributed by atoms with E-state index >= 15 is 0 Å². The average Bonchev–Trinajstić information content (AvgIpc) is 2.88. The van der Waals surface area contributed by atoms with Crippen LogP contribution in [0, 0.1) is 5.92 Å². The van der Waals surface area contributed by atoms with Gasteiger partial charge in [0.25, 0.3) is 0 Å². The minimum absolute atomic E-state index is 0.489. The molecular weight excluding hydrogens is 264 g/mol. The predicted molar refractivity (Wildman–Crippen MR) is 92.2 cm³/mol. The molecular formula is C22H20. The summed E-state index contributed by atoms with van der Waals surface area (Å²) in [7, 11) is 0. The number of hydrogen-bond donors (Lipinski definition) is 0. The van der Waals surface area contributed by atoms with E-state index in [1.54, 1.807) is 0 Å². The second-order valence-corrected chi connectivity index (χ2v) is 6.26. The van der Waals surface area contributed by atoms with Gasteiger partial charge >= 0.3 is 0 Å². The van der Waals surface area contributed by atoms with Crippen molar-refractivity contribution >= 4 is 0 Å². The zero-order valence-electron chi connectivity index (χ0n) is 12.8. The van der Waals surface area contributed by atoms with Crippen LogP contribution in [0.4, 0.5) is 0 Å². The van der Waals surface area contributed by atoms with Gasteiger partial charge in [0, 0.05) is 11.8 Å². The van der Waals surface area contributed by atoms with Crippen molar-refractivity contribution in [3.63, 3.8) is 0 Å². The number of fused-ring (bicyclic) bond motifs is 1. The molecule has 0 bridgehead atoms. The molecule has 0 heteroatoms. The fourth-order valence-corrected chi connectivity index (χ4v) is 4.12. The van der Waals surface area contributed by atoms with E-state index in [1.165, 1.54) is 22.3 Å². The summed E-state index contributed by atoms with van der Waals surface area (Å²) < 4.78 is 0. The van der Waals surface area contributed by atoms with E-state index in [-0.39, 0.29) is 0 Å². The van der Waals surface area contributed by atoms with E-state index in [1.807, 2.05) is 0 Å². The predicted octanol–water partition coefficient (Wildman–Crippen LogP) is 5.60. The minimum Gasteiger partial charge on any atom is -0.0622 e. The van der Waals surface area contributed by atoms with Gasteiger partial charge in [-0.05, 0) is 28.2 Å². The first kappa shape index (κ1) is 13.3. The van der Waals surface area contributed by atoms with Crippen molar-refractivity contribution < 1.29 is 0 Å². The van der Waals surface area contributed by atoms with Crippen LogP contribution in [0.2, 0.25) is 0 Å². The molecule has 3 aromatic rings. The summed E-state index contributed by atoms with van der Waals surface area (Å²) >= 11 is 0. The third-order valence-electron chi connectivity index (χ3n) is 5.04. The van der Waals surface area contributed by atoms with Gasteiger partial charge in [-0.2, -0.15) is 0 Å². The van der Waals surface area contributed by atoms with Gasteiger partial charge in [-0.15, -0.1) is 0 Å². The molecule has 2 atom stereocenters. The first-order valence-electron chi connectivity index (χ1n) is 8.05. The lowest BCUT2D eigenvalue weighted by atomic mass is 9.81. The highest BCUT2D eigenvalue weighted by atomic mass is 14.4. The molecule has 0 saturated carbocycles. The molecule has 0 heterocycles. The Morgan fingerprint density at radius 2 is 0.864 bits per heavy atom. The van der Waals surface area contributed by atoms with Crippen molar-refractivity contribution in [2.24, 2.45) is 5.92 Å². The first-order chi connectivity index (χ1) is 10.9. The lowest BCUT2D eigenvalue weighted by Crippen LogP contribution is -2.10. The first-order valence-corrected chi connectivity index (χ1v) is 8.05. The van der Waals surface area contributed by atoms with Crippen molar-refractivity contribution in [1.29, 1.82) is 0 Å². The molecule has 0 N–H and O–H groups in total. The summed E-state index contributed by atoms with van der Waals surface area (Å²) in [6.45, 7) is 2.40. The quantitative estimate of drug-likeness (QED) is 0.574. The van der Waals surface area contributed by atoms with Crippen molar-refractivity contribution in [3.05, 3.63) is 107 Å². The fraction of sp³-hybridized carbons (Fsp3) is 0.182. The van der Waals surface area contributed by atoms with Crippen LogP contribution in [0.3, 0.4) is 0 Å². The molecule has 0 aliphatic heterocycles. The largest absolute Gasteiger partial charge is 0.0622 e. The standard InChI is InChI=1S/C22H20/c1-16-21(17-10-4-2-5-11-17)19-14-8-9-15-20(19)22(16)18-12-6-3-7-13-18/h2-16,21-22H,1H3. The zero-order chi connectivity index (χ0) is 14.9. The van der Waals surface area contributed by atoms with Crippen LogP contribution in [-0.4, -0.2) is 0 Å². The molecule has 0 amide bonds. The van der Waals surface area contributed by atoms with Crippen LogP contribution in [0.1, 0.15) is 41.0 Å². The molecule has 22 heavy (non-hydrogen) atoms. The molecule has 0 fully saturated rings. The van der Waals surface area contributed by atoms with Crippen LogP contribution in [0.15, 0.2) is 84.9 Å². The molecule has 2 unspecified atom stereocenters. The van der Waals surface area contributed by atoms with Gasteiger partial charge in [0.2, 0.25) is 0 Å². The number of hydrogen-bond acceptors (Lipinski definition) is 0. The highest BCUT2D eigenvalue weighted by molar-refractivity contribution is 5.50. The second kappa shape index (κ2) is 5.46. The van der Waals surface area contributed by atoms with E-state index in [0.29, 0.717) is 17.8 Å². The van der Waals surface area contributed by atoms with Gasteiger partial charge < -0.3 is 0 Å². The van der Waals surface area contributed by atoms with E-state index in [0.717, 1.165) is 0 Å². The normalized spacial score (nSPS) is 23.2. The van der Waals surface area contributed by atoms with Gasteiger partial charge in [-0.25, -0.2) is 0 Å². The van der Waals surface area contributed by atoms with Crippen LogP contribution in [0.5, 0.6) is 0 Å². The summed E-state index contributed by atoms with van der Waals surface area (Å²) in [5.74, 6) is 1.55. The smallest absolute Gasteiger partial charge is 0.0127 e. The molecule has 0 spiro atoms. The topological polar surface area (TPSA) is 0 Å². The number of rotatable bonds is 2. The van der Waals surface area contributed by atoms with Gasteiger partial charge in [0.1, 0.15) is 0 Å². The monoisotopic (exact) mass is 284 g/mol. The Labute approximate surface area is 132 Å². The van der Waals surface area contributed by atoms with Gasteiger partial charge in [0.05, 0.1) is 0 Å². The van der Waals surface area contributed by atoms with Gasteiger partial charge in [-0.3, -0.25) is 0 Å². The molecule has 0 radical (unpaired) electrons. The Morgan fingerprint density at radius 3 is 1.27 bits per heavy atom. The summed E-state index contributed by atoms with van der Waals surface area (Å²) in [6.07, 6.45) is 0. The lowest BCUT2D eigenvalue weighted by Gasteiger charge is -2.22. The van der Waals surface area contributed by atoms with Crippen molar-refractivity contribution in [1.82, 2.24) is 0 Å². The highest BCUT2D eigenvalue weighted by Crippen LogP contribution is 2.51. The maximum Gasteiger partial charge on any atom is 0.0127 e. The molecule has 1 aliphatic rings. The molecule has 0 aromatic heterocycles. The molecule has 4 rings (SSSR count). The van der Waals surface area contributed by atoms with Crippen LogP contribution in [-0.2, 0) is 0 Å². The van der Waals surface area contributed by atoms with E-state index in [4.69, 9.17) is 0 Å². The second-order valence-electron chi connectivity index (χ2n) is 6.26. The van der Waals surface area contributed by atoms with Crippen molar-refractivity contribution in [2.45, 2.75) is 18.8 Å². The highest BCUT2D eigenvalue weighted by Gasteiger charge is 2.38. The third kappa shape index (κ3) is 2.07.